The van der Waals surface area contributed by atoms with E-state index in [-0.39, 0.29) is 25.2 Å². The number of carbonyl (C=O) groups is 2. The molecule has 0 saturated carbocycles. The standard InChI is InChI=1S/C21H18N4O4/c22-24-9-18(26)25-15(21(24)27)8-13-12-3-1-2-4-14(12)23-19(13)20(25)11-5-6-16-17(7-11)29-10-28-16/h1-7,15,20,23H,8-10,22H2/t15?,20-/m1/s1. The second-order valence-corrected chi connectivity index (χ2v) is 7.57. The van der Waals surface area contributed by atoms with E-state index in [0.717, 1.165) is 32.7 Å². The van der Waals surface area contributed by atoms with E-state index in [9.17, 15) is 9.59 Å². The molecule has 0 bridgehead atoms. The second kappa shape index (κ2) is 5.74. The largest absolute Gasteiger partial charge is 0.454 e. The van der Waals surface area contributed by atoms with Crippen molar-refractivity contribution in [3.63, 3.8) is 0 Å². The number of nitrogens with zero attached hydrogens (tertiary/aromatic N) is 2. The molecule has 8 heteroatoms. The molecule has 3 aliphatic rings. The SMILES string of the molecule is NN1CC(=O)N2C(Cc3c([nH]c4ccccc34)[C@H]2c2ccc3c(c2)OCO3)C1=O. The van der Waals surface area contributed by atoms with Gasteiger partial charge in [0.25, 0.3) is 5.91 Å². The van der Waals surface area contributed by atoms with E-state index in [2.05, 4.69) is 4.98 Å². The maximum absolute atomic E-state index is 13.0. The van der Waals surface area contributed by atoms with Crippen molar-refractivity contribution in [2.24, 2.45) is 5.84 Å². The highest BCUT2D eigenvalue weighted by atomic mass is 16.7. The van der Waals surface area contributed by atoms with Crippen LogP contribution in [0, 0.1) is 0 Å². The van der Waals surface area contributed by atoms with Crippen molar-refractivity contribution in [2.45, 2.75) is 18.5 Å². The third kappa shape index (κ3) is 2.23. The van der Waals surface area contributed by atoms with Crippen molar-refractivity contribution >= 4 is 22.7 Å². The molecule has 1 aromatic heterocycles. The molecule has 1 unspecified atom stereocenters. The Balaban J connectivity index is 1.59. The molecule has 3 aromatic rings. The zero-order valence-electron chi connectivity index (χ0n) is 15.4. The summed E-state index contributed by atoms with van der Waals surface area (Å²) in [7, 11) is 0. The van der Waals surface area contributed by atoms with E-state index >= 15 is 0 Å². The number of hydrogen-bond acceptors (Lipinski definition) is 5. The Kier molecular flexibility index (Phi) is 3.25. The van der Waals surface area contributed by atoms with E-state index in [0.29, 0.717) is 17.9 Å². The number of hydrogen-bond donors (Lipinski definition) is 2. The minimum atomic E-state index is -0.636. The highest BCUT2D eigenvalue weighted by Gasteiger charge is 2.47. The number of H-pyrrole nitrogens is 1. The number of piperazine rings is 1. The van der Waals surface area contributed by atoms with Crippen LogP contribution in [0.1, 0.15) is 22.9 Å². The predicted molar refractivity (Wildman–Crippen MR) is 103 cm³/mol. The lowest BCUT2D eigenvalue weighted by atomic mass is 9.86. The van der Waals surface area contributed by atoms with Crippen molar-refractivity contribution in [3.05, 3.63) is 59.3 Å². The molecule has 0 aliphatic carbocycles. The van der Waals surface area contributed by atoms with Gasteiger partial charge in [-0.25, -0.2) is 5.84 Å². The van der Waals surface area contributed by atoms with E-state index in [1.807, 2.05) is 42.5 Å². The van der Waals surface area contributed by atoms with Crippen LogP contribution in [0.2, 0.25) is 0 Å². The maximum atomic E-state index is 13.0. The van der Waals surface area contributed by atoms with Gasteiger partial charge in [0.1, 0.15) is 12.6 Å². The van der Waals surface area contributed by atoms with Gasteiger partial charge in [-0.15, -0.1) is 0 Å². The summed E-state index contributed by atoms with van der Waals surface area (Å²) in [4.78, 5) is 31.1. The van der Waals surface area contributed by atoms with Gasteiger partial charge in [0, 0.05) is 23.0 Å². The zero-order valence-corrected chi connectivity index (χ0v) is 15.4. The Morgan fingerprint density at radius 2 is 1.90 bits per heavy atom. The smallest absolute Gasteiger partial charge is 0.260 e. The van der Waals surface area contributed by atoms with Crippen molar-refractivity contribution in [2.75, 3.05) is 13.3 Å². The number of fused-ring (bicyclic) bond motifs is 5. The molecule has 3 aliphatic heterocycles. The summed E-state index contributed by atoms with van der Waals surface area (Å²) in [5.41, 5.74) is 3.81. The molecule has 0 spiro atoms. The Morgan fingerprint density at radius 3 is 2.79 bits per heavy atom. The number of benzene rings is 2. The Bertz CT molecular complexity index is 1190. The van der Waals surface area contributed by atoms with Gasteiger partial charge in [0.2, 0.25) is 12.7 Å². The summed E-state index contributed by atoms with van der Waals surface area (Å²) in [6.45, 7) is 0.0406. The molecule has 1 fully saturated rings. The molecule has 146 valence electrons. The maximum Gasteiger partial charge on any atom is 0.260 e. The summed E-state index contributed by atoms with van der Waals surface area (Å²) in [6.07, 6.45) is 0.429. The van der Waals surface area contributed by atoms with Gasteiger partial charge in [-0.05, 0) is 29.3 Å². The molecule has 2 aromatic carbocycles. The van der Waals surface area contributed by atoms with Crippen molar-refractivity contribution in [1.29, 1.82) is 0 Å². The van der Waals surface area contributed by atoms with Crippen molar-refractivity contribution < 1.29 is 19.1 Å². The fourth-order valence-corrected chi connectivity index (χ4v) is 4.72. The average Bonchev–Trinajstić information content (AvgIpc) is 3.34. The number of para-hydroxylation sites is 1. The van der Waals surface area contributed by atoms with Gasteiger partial charge in [-0.2, -0.15) is 0 Å². The molecule has 1 saturated heterocycles. The van der Waals surface area contributed by atoms with Crippen LogP contribution in [0.15, 0.2) is 42.5 Å². The first-order valence-electron chi connectivity index (χ1n) is 9.48. The van der Waals surface area contributed by atoms with E-state index in [1.54, 1.807) is 4.90 Å². The third-order valence-corrected chi connectivity index (χ3v) is 6.01. The number of nitrogens with one attached hydrogen (secondary N) is 1. The van der Waals surface area contributed by atoms with E-state index in [1.165, 1.54) is 0 Å². The van der Waals surface area contributed by atoms with Crippen LogP contribution in [0.4, 0.5) is 0 Å². The van der Waals surface area contributed by atoms with Crippen molar-refractivity contribution in [1.82, 2.24) is 14.9 Å². The fourth-order valence-electron chi connectivity index (χ4n) is 4.72. The molecule has 3 N–H and O–H groups in total. The summed E-state index contributed by atoms with van der Waals surface area (Å²) in [5.74, 6) is 6.72. The molecular weight excluding hydrogens is 372 g/mol. The molecule has 2 amide bonds. The van der Waals surface area contributed by atoms with E-state index in [4.69, 9.17) is 15.3 Å². The van der Waals surface area contributed by atoms with Crippen LogP contribution in [0.5, 0.6) is 11.5 Å². The first-order valence-corrected chi connectivity index (χ1v) is 9.48. The van der Waals surface area contributed by atoms with E-state index < -0.39 is 12.1 Å². The van der Waals surface area contributed by atoms with Crippen LogP contribution >= 0.6 is 0 Å². The van der Waals surface area contributed by atoms with Crippen LogP contribution in [-0.2, 0) is 16.0 Å². The molecule has 2 atom stereocenters. The summed E-state index contributed by atoms with van der Waals surface area (Å²) in [6, 6.07) is 12.6. The lowest BCUT2D eigenvalue weighted by Gasteiger charge is -2.46. The first-order chi connectivity index (χ1) is 14.1. The lowest BCUT2D eigenvalue weighted by molar-refractivity contribution is -0.158. The van der Waals surface area contributed by atoms with Crippen LogP contribution in [0.25, 0.3) is 10.9 Å². The first kappa shape index (κ1) is 16.4. The summed E-state index contributed by atoms with van der Waals surface area (Å²) in [5, 5.41) is 2.09. The minimum Gasteiger partial charge on any atom is -0.454 e. The topological polar surface area (TPSA) is 101 Å². The highest BCUT2D eigenvalue weighted by molar-refractivity contribution is 5.97. The predicted octanol–water partition coefficient (Wildman–Crippen LogP) is 1.46. The monoisotopic (exact) mass is 390 g/mol. The van der Waals surface area contributed by atoms with Gasteiger partial charge in [-0.1, -0.05) is 24.3 Å². The number of ether oxygens (including phenoxy) is 2. The van der Waals surface area contributed by atoms with Gasteiger partial charge < -0.3 is 19.4 Å². The minimum absolute atomic E-state index is 0.133. The van der Waals surface area contributed by atoms with Gasteiger partial charge in [-0.3, -0.25) is 14.6 Å². The Hall–Kier alpha value is -3.52. The number of aromatic nitrogens is 1. The van der Waals surface area contributed by atoms with Crippen LogP contribution in [-0.4, -0.2) is 46.1 Å². The molecular formula is C21H18N4O4. The summed E-state index contributed by atoms with van der Waals surface area (Å²) >= 11 is 0. The fraction of sp³-hybridized carbons (Fsp3) is 0.238. The number of carbonyl (C=O) groups excluding carboxylic acids is 2. The molecule has 29 heavy (non-hydrogen) atoms. The normalized spacial score (nSPS) is 22.8. The molecule has 4 heterocycles. The Labute approximate surface area is 165 Å². The van der Waals surface area contributed by atoms with Gasteiger partial charge in [0.05, 0.1) is 6.04 Å². The number of amides is 2. The Morgan fingerprint density at radius 1 is 1.07 bits per heavy atom. The molecule has 0 radical (unpaired) electrons. The van der Waals surface area contributed by atoms with Crippen molar-refractivity contribution in [3.8, 4) is 11.5 Å². The second-order valence-electron chi connectivity index (χ2n) is 7.57. The number of hydrazine groups is 1. The quantitative estimate of drug-likeness (QED) is 0.484. The highest BCUT2D eigenvalue weighted by Crippen LogP contribution is 2.44. The summed E-state index contributed by atoms with van der Waals surface area (Å²) < 4.78 is 11.0. The lowest BCUT2D eigenvalue weighted by Crippen LogP contribution is -2.64. The zero-order chi connectivity index (χ0) is 19.7. The number of rotatable bonds is 1. The van der Waals surface area contributed by atoms with Crippen LogP contribution in [0.3, 0.4) is 0 Å². The van der Waals surface area contributed by atoms with Gasteiger partial charge in [0.15, 0.2) is 11.5 Å². The van der Waals surface area contributed by atoms with Gasteiger partial charge >= 0.3 is 0 Å². The third-order valence-electron chi connectivity index (χ3n) is 6.01. The number of nitrogens with two attached hydrogens (primary N) is 1. The average molecular weight is 390 g/mol. The molecule has 6 rings (SSSR count). The number of aromatic amines is 1. The molecule has 8 nitrogen and oxygen atoms in total. The van der Waals surface area contributed by atoms with Crippen LogP contribution < -0.4 is 15.3 Å².